The molecule has 1 aromatic carbocycles. The maximum atomic E-state index is 4.70. The van der Waals surface area contributed by atoms with Crippen LogP contribution in [0.25, 0.3) is 10.9 Å². The maximum Gasteiger partial charge on any atom is 0.0726 e. The van der Waals surface area contributed by atoms with E-state index in [1.54, 1.807) is 0 Å². The zero-order chi connectivity index (χ0) is 13.8. The fourth-order valence-corrected chi connectivity index (χ4v) is 2.29. The standard InChI is InChI=1S/C16H23N3/c1-5-12(2)19(4)16-10-13(11-17-3)18-15-9-7-6-8-14(15)16/h6-10,12,17H,5,11H2,1-4H3. The second-order valence-electron chi connectivity index (χ2n) is 5.05. The van der Waals surface area contributed by atoms with Gasteiger partial charge in [0.1, 0.15) is 0 Å². The minimum atomic E-state index is 0.522. The molecule has 0 saturated heterocycles. The van der Waals surface area contributed by atoms with Crippen molar-refractivity contribution in [2.24, 2.45) is 0 Å². The minimum Gasteiger partial charge on any atom is -0.371 e. The molecule has 1 aromatic heterocycles. The summed E-state index contributed by atoms with van der Waals surface area (Å²) in [6.07, 6.45) is 1.13. The molecular formula is C16H23N3. The van der Waals surface area contributed by atoms with E-state index in [9.17, 15) is 0 Å². The van der Waals surface area contributed by atoms with E-state index in [0.29, 0.717) is 6.04 Å². The Kier molecular flexibility index (Phi) is 4.38. The van der Waals surface area contributed by atoms with Crippen molar-refractivity contribution in [1.29, 1.82) is 0 Å². The molecule has 3 heteroatoms. The van der Waals surface area contributed by atoms with E-state index in [0.717, 1.165) is 24.2 Å². The quantitative estimate of drug-likeness (QED) is 0.891. The summed E-state index contributed by atoms with van der Waals surface area (Å²) in [5.74, 6) is 0. The normalized spacial score (nSPS) is 12.6. The first-order valence-corrected chi connectivity index (χ1v) is 6.93. The summed E-state index contributed by atoms with van der Waals surface area (Å²) in [5, 5.41) is 4.40. The van der Waals surface area contributed by atoms with E-state index in [-0.39, 0.29) is 0 Å². The van der Waals surface area contributed by atoms with Crippen molar-refractivity contribution in [3.8, 4) is 0 Å². The van der Waals surface area contributed by atoms with Gasteiger partial charge in [-0.1, -0.05) is 25.1 Å². The smallest absolute Gasteiger partial charge is 0.0726 e. The molecule has 0 aliphatic rings. The minimum absolute atomic E-state index is 0.522. The van der Waals surface area contributed by atoms with Crippen LogP contribution in [0.3, 0.4) is 0 Å². The van der Waals surface area contributed by atoms with Gasteiger partial charge in [0.2, 0.25) is 0 Å². The van der Waals surface area contributed by atoms with Crippen molar-refractivity contribution in [2.75, 3.05) is 19.0 Å². The lowest BCUT2D eigenvalue weighted by molar-refractivity contribution is 0.664. The predicted octanol–water partition coefficient (Wildman–Crippen LogP) is 3.19. The van der Waals surface area contributed by atoms with Gasteiger partial charge in [-0.3, -0.25) is 4.98 Å². The molecular weight excluding hydrogens is 234 g/mol. The lowest BCUT2D eigenvalue weighted by atomic mass is 10.1. The number of aromatic nitrogens is 1. The molecule has 19 heavy (non-hydrogen) atoms. The van der Waals surface area contributed by atoms with Gasteiger partial charge in [0.15, 0.2) is 0 Å². The molecule has 0 aliphatic carbocycles. The molecule has 1 heterocycles. The summed E-state index contributed by atoms with van der Waals surface area (Å²) in [4.78, 5) is 7.05. The molecule has 1 atom stereocenters. The lowest BCUT2D eigenvalue weighted by Crippen LogP contribution is -2.28. The Hall–Kier alpha value is -1.61. The highest BCUT2D eigenvalue weighted by molar-refractivity contribution is 5.92. The van der Waals surface area contributed by atoms with Crippen LogP contribution in [0, 0.1) is 0 Å². The summed E-state index contributed by atoms with van der Waals surface area (Å²) < 4.78 is 0. The van der Waals surface area contributed by atoms with Crippen LogP contribution in [-0.4, -0.2) is 25.1 Å². The SMILES string of the molecule is CCC(C)N(C)c1cc(CNC)nc2ccccc12. The molecule has 1 N–H and O–H groups in total. The fourth-order valence-electron chi connectivity index (χ4n) is 2.29. The summed E-state index contributed by atoms with van der Waals surface area (Å²) in [6.45, 7) is 5.28. The van der Waals surface area contributed by atoms with Gasteiger partial charge in [0.25, 0.3) is 0 Å². The number of nitrogens with one attached hydrogen (secondary N) is 1. The number of nitrogens with zero attached hydrogens (tertiary/aromatic N) is 2. The number of hydrogen-bond acceptors (Lipinski definition) is 3. The average Bonchev–Trinajstić information content (AvgIpc) is 2.45. The number of pyridine rings is 1. The Morgan fingerprint density at radius 3 is 2.74 bits per heavy atom. The van der Waals surface area contributed by atoms with Gasteiger partial charge >= 0.3 is 0 Å². The van der Waals surface area contributed by atoms with Gasteiger partial charge in [-0.05, 0) is 32.5 Å². The molecule has 1 unspecified atom stereocenters. The van der Waals surface area contributed by atoms with E-state index in [1.807, 2.05) is 13.1 Å². The number of hydrogen-bond donors (Lipinski definition) is 1. The van der Waals surface area contributed by atoms with Gasteiger partial charge in [0, 0.05) is 30.7 Å². The van der Waals surface area contributed by atoms with Crippen molar-refractivity contribution >= 4 is 16.6 Å². The first-order valence-electron chi connectivity index (χ1n) is 6.93. The summed E-state index contributed by atoms with van der Waals surface area (Å²) in [5.41, 5.74) is 3.43. The molecule has 3 nitrogen and oxygen atoms in total. The van der Waals surface area contributed by atoms with Gasteiger partial charge in [-0.2, -0.15) is 0 Å². The van der Waals surface area contributed by atoms with Crippen LogP contribution in [0.4, 0.5) is 5.69 Å². The number of benzene rings is 1. The molecule has 102 valence electrons. The second kappa shape index (κ2) is 6.02. The number of rotatable bonds is 5. The molecule has 0 bridgehead atoms. The van der Waals surface area contributed by atoms with Gasteiger partial charge in [-0.25, -0.2) is 0 Å². The molecule has 0 radical (unpaired) electrons. The van der Waals surface area contributed by atoms with Crippen LogP contribution in [0.2, 0.25) is 0 Å². The van der Waals surface area contributed by atoms with Crippen LogP contribution in [0.1, 0.15) is 26.0 Å². The van der Waals surface area contributed by atoms with Crippen LogP contribution in [0.5, 0.6) is 0 Å². The van der Waals surface area contributed by atoms with Crippen LogP contribution < -0.4 is 10.2 Å². The van der Waals surface area contributed by atoms with Crippen molar-refractivity contribution in [3.63, 3.8) is 0 Å². The molecule has 0 saturated carbocycles. The zero-order valence-corrected chi connectivity index (χ0v) is 12.3. The lowest BCUT2D eigenvalue weighted by Gasteiger charge is -2.27. The van der Waals surface area contributed by atoms with Gasteiger partial charge < -0.3 is 10.2 Å². The fraction of sp³-hybridized carbons (Fsp3) is 0.438. The predicted molar refractivity (Wildman–Crippen MR) is 82.7 cm³/mol. The zero-order valence-electron chi connectivity index (χ0n) is 12.3. The number of fused-ring (bicyclic) bond motifs is 1. The Morgan fingerprint density at radius 2 is 2.05 bits per heavy atom. The Balaban J connectivity index is 2.55. The van der Waals surface area contributed by atoms with Crippen molar-refractivity contribution in [3.05, 3.63) is 36.0 Å². The van der Waals surface area contributed by atoms with Crippen molar-refractivity contribution in [2.45, 2.75) is 32.9 Å². The Labute approximate surface area is 115 Å². The maximum absolute atomic E-state index is 4.70. The first kappa shape index (κ1) is 13.8. The summed E-state index contributed by atoms with van der Waals surface area (Å²) in [6, 6.07) is 11.1. The van der Waals surface area contributed by atoms with E-state index in [4.69, 9.17) is 4.98 Å². The van der Waals surface area contributed by atoms with E-state index >= 15 is 0 Å². The molecule has 2 aromatic rings. The van der Waals surface area contributed by atoms with Crippen LogP contribution in [-0.2, 0) is 6.54 Å². The third kappa shape index (κ3) is 2.87. The highest BCUT2D eigenvalue weighted by Crippen LogP contribution is 2.27. The highest BCUT2D eigenvalue weighted by atomic mass is 15.1. The van der Waals surface area contributed by atoms with Crippen LogP contribution in [0.15, 0.2) is 30.3 Å². The van der Waals surface area contributed by atoms with Crippen LogP contribution >= 0.6 is 0 Å². The monoisotopic (exact) mass is 257 g/mol. The Bertz CT molecular complexity index is 551. The van der Waals surface area contributed by atoms with E-state index < -0.39 is 0 Å². The van der Waals surface area contributed by atoms with Gasteiger partial charge in [-0.15, -0.1) is 0 Å². The first-order chi connectivity index (χ1) is 9.17. The van der Waals surface area contributed by atoms with Gasteiger partial charge in [0.05, 0.1) is 11.2 Å². The topological polar surface area (TPSA) is 28.2 Å². The number of para-hydroxylation sites is 1. The highest BCUT2D eigenvalue weighted by Gasteiger charge is 2.13. The Morgan fingerprint density at radius 1 is 1.32 bits per heavy atom. The largest absolute Gasteiger partial charge is 0.371 e. The molecule has 0 aliphatic heterocycles. The second-order valence-corrected chi connectivity index (χ2v) is 5.05. The third-order valence-corrected chi connectivity index (χ3v) is 3.74. The number of anilines is 1. The third-order valence-electron chi connectivity index (χ3n) is 3.74. The van der Waals surface area contributed by atoms with Crippen molar-refractivity contribution in [1.82, 2.24) is 10.3 Å². The van der Waals surface area contributed by atoms with E-state index in [1.165, 1.54) is 11.1 Å². The molecule has 2 rings (SSSR count). The molecule has 0 fully saturated rings. The summed E-state index contributed by atoms with van der Waals surface area (Å²) in [7, 11) is 4.12. The molecule has 0 amide bonds. The van der Waals surface area contributed by atoms with Crippen molar-refractivity contribution < 1.29 is 0 Å². The molecule has 0 spiro atoms. The van der Waals surface area contributed by atoms with E-state index in [2.05, 4.69) is 55.4 Å². The summed E-state index contributed by atoms with van der Waals surface area (Å²) >= 11 is 0. The average molecular weight is 257 g/mol.